The minimum absolute atomic E-state index is 0.140. The number of thioether (sulfide) groups is 1. The van der Waals surface area contributed by atoms with E-state index < -0.39 is 11.4 Å². The van der Waals surface area contributed by atoms with Gasteiger partial charge in [0.15, 0.2) is 5.37 Å². The van der Waals surface area contributed by atoms with Gasteiger partial charge in [-0.15, -0.1) is 11.8 Å². The van der Waals surface area contributed by atoms with Crippen molar-refractivity contribution >= 4 is 23.7 Å². The summed E-state index contributed by atoms with van der Waals surface area (Å²) < 4.78 is 0. The number of carbonyl (C=O) groups excluding carboxylic acids is 2. The number of hydrogen-bond acceptors (Lipinski definition) is 4. The van der Waals surface area contributed by atoms with Gasteiger partial charge in [-0.2, -0.15) is 0 Å². The first kappa shape index (κ1) is 14.9. The predicted octanol–water partition coefficient (Wildman–Crippen LogP) is 1.89. The molecular weight excluding hydrogens is 274 g/mol. The van der Waals surface area contributed by atoms with Gasteiger partial charge in [0, 0.05) is 5.75 Å². The van der Waals surface area contributed by atoms with Crippen LogP contribution in [-0.2, 0) is 16.0 Å². The van der Waals surface area contributed by atoms with Crippen LogP contribution >= 0.6 is 11.8 Å². The van der Waals surface area contributed by atoms with Gasteiger partial charge in [-0.25, -0.2) is 10.2 Å². The molecule has 2 rings (SSSR count). The van der Waals surface area contributed by atoms with Crippen LogP contribution in [-0.4, -0.2) is 17.3 Å². The van der Waals surface area contributed by atoms with Gasteiger partial charge >= 0.3 is 6.03 Å². The fourth-order valence-corrected chi connectivity index (χ4v) is 2.71. The first-order valence-corrected chi connectivity index (χ1v) is 7.48. The Bertz CT molecular complexity index is 508. The van der Waals surface area contributed by atoms with Crippen molar-refractivity contribution in [1.82, 2.24) is 16.2 Å². The maximum absolute atomic E-state index is 11.6. The Kier molecular flexibility index (Phi) is 4.35. The number of hydrazine groups is 1. The molecule has 1 atom stereocenters. The van der Waals surface area contributed by atoms with Crippen LogP contribution in [0.5, 0.6) is 0 Å². The molecule has 1 aliphatic rings. The summed E-state index contributed by atoms with van der Waals surface area (Å²) in [5.74, 6) is 0.385. The lowest BCUT2D eigenvalue weighted by Gasteiger charge is -2.23. The third-order valence-corrected chi connectivity index (χ3v) is 4.19. The Morgan fingerprint density at radius 2 is 1.80 bits per heavy atom. The average Bonchev–Trinajstić information content (AvgIpc) is 2.37. The number of rotatable bonds is 3. The number of nitrogens with one attached hydrogen (secondary N) is 3. The van der Waals surface area contributed by atoms with Gasteiger partial charge in [0.1, 0.15) is 0 Å². The van der Waals surface area contributed by atoms with E-state index in [9.17, 15) is 9.59 Å². The fourth-order valence-electron chi connectivity index (χ4n) is 1.80. The first-order chi connectivity index (χ1) is 9.36. The standard InChI is InChI=1S/C14H19N3O2S/c1-14(2,3)10-6-4-9(5-7-10)8-20-12-11(18)15-13(19)17-16-12/h4-7,12,16H,8H2,1-3H3,(H2,15,17,18,19). The highest BCUT2D eigenvalue weighted by molar-refractivity contribution is 7.99. The van der Waals surface area contributed by atoms with Crippen LogP contribution in [0.15, 0.2) is 24.3 Å². The van der Waals surface area contributed by atoms with Gasteiger partial charge in [-0.1, -0.05) is 45.0 Å². The van der Waals surface area contributed by atoms with Crippen LogP contribution in [0.25, 0.3) is 0 Å². The lowest BCUT2D eigenvalue weighted by Crippen LogP contribution is -2.61. The maximum atomic E-state index is 11.6. The van der Waals surface area contributed by atoms with Crippen molar-refractivity contribution in [3.8, 4) is 0 Å². The zero-order valence-electron chi connectivity index (χ0n) is 11.8. The van der Waals surface area contributed by atoms with Crippen LogP contribution in [0.4, 0.5) is 4.79 Å². The molecule has 0 aromatic heterocycles. The Balaban J connectivity index is 1.91. The van der Waals surface area contributed by atoms with Crippen LogP contribution < -0.4 is 16.2 Å². The molecule has 6 heteroatoms. The Morgan fingerprint density at radius 1 is 1.15 bits per heavy atom. The van der Waals surface area contributed by atoms with Crippen LogP contribution in [0.3, 0.4) is 0 Å². The van der Waals surface area contributed by atoms with E-state index in [1.165, 1.54) is 17.3 Å². The van der Waals surface area contributed by atoms with Crippen molar-refractivity contribution in [3.63, 3.8) is 0 Å². The van der Waals surface area contributed by atoms with Crippen LogP contribution in [0.2, 0.25) is 0 Å². The minimum Gasteiger partial charge on any atom is -0.275 e. The van der Waals surface area contributed by atoms with E-state index in [4.69, 9.17) is 0 Å². The van der Waals surface area contributed by atoms with Gasteiger partial charge in [-0.05, 0) is 16.5 Å². The summed E-state index contributed by atoms with van der Waals surface area (Å²) in [7, 11) is 0. The normalized spacial score (nSPS) is 19.4. The molecule has 108 valence electrons. The summed E-state index contributed by atoms with van der Waals surface area (Å²) in [4.78, 5) is 22.5. The van der Waals surface area contributed by atoms with E-state index in [2.05, 4.69) is 61.2 Å². The SMILES string of the molecule is CC(C)(C)c1ccc(CSC2NNC(=O)NC2=O)cc1. The van der Waals surface area contributed by atoms with Crippen LogP contribution in [0.1, 0.15) is 31.9 Å². The molecule has 1 fully saturated rings. The molecule has 20 heavy (non-hydrogen) atoms. The quantitative estimate of drug-likeness (QED) is 0.796. The first-order valence-electron chi connectivity index (χ1n) is 6.43. The molecule has 3 amide bonds. The van der Waals surface area contributed by atoms with Gasteiger partial charge < -0.3 is 0 Å². The molecule has 5 nitrogen and oxygen atoms in total. The van der Waals surface area contributed by atoms with Crippen LogP contribution in [0, 0.1) is 0 Å². The summed E-state index contributed by atoms with van der Waals surface area (Å²) >= 11 is 1.44. The zero-order valence-corrected chi connectivity index (χ0v) is 12.6. The Labute approximate surface area is 122 Å². The third-order valence-electron chi connectivity index (χ3n) is 3.03. The second-order valence-corrected chi connectivity index (χ2v) is 6.82. The van der Waals surface area contributed by atoms with E-state index in [0.717, 1.165) is 5.56 Å². The number of carbonyl (C=O) groups is 2. The monoisotopic (exact) mass is 293 g/mol. The lowest BCUT2D eigenvalue weighted by atomic mass is 9.87. The molecule has 1 unspecified atom stereocenters. The summed E-state index contributed by atoms with van der Waals surface area (Å²) in [6.45, 7) is 6.53. The van der Waals surface area contributed by atoms with E-state index in [1.54, 1.807) is 0 Å². The Hall–Kier alpha value is -1.53. The molecule has 1 heterocycles. The van der Waals surface area contributed by atoms with Gasteiger partial charge in [-0.3, -0.25) is 15.5 Å². The summed E-state index contributed by atoms with van der Waals surface area (Å²) in [6.07, 6.45) is 0. The molecule has 1 aromatic carbocycles. The largest absolute Gasteiger partial charge is 0.335 e. The number of hydrogen-bond donors (Lipinski definition) is 3. The molecule has 0 radical (unpaired) electrons. The zero-order chi connectivity index (χ0) is 14.8. The van der Waals surface area contributed by atoms with E-state index in [0.29, 0.717) is 5.75 Å². The summed E-state index contributed by atoms with van der Waals surface area (Å²) in [6, 6.07) is 7.87. The fraction of sp³-hybridized carbons (Fsp3) is 0.429. The highest BCUT2D eigenvalue weighted by atomic mass is 32.2. The topological polar surface area (TPSA) is 70.2 Å². The highest BCUT2D eigenvalue weighted by Crippen LogP contribution is 2.24. The van der Waals surface area contributed by atoms with Gasteiger partial charge in [0.05, 0.1) is 0 Å². The predicted molar refractivity (Wildman–Crippen MR) is 80.0 cm³/mol. The number of imide groups is 1. The summed E-state index contributed by atoms with van der Waals surface area (Å²) in [5.41, 5.74) is 7.63. The molecule has 0 aliphatic carbocycles. The minimum atomic E-state index is -0.513. The van der Waals surface area contributed by atoms with Gasteiger partial charge in [0.25, 0.3) is 5.91 Å². The molecule has 1 aliphatic heterocycles. The van der Waals surface area contributed by atoms with E-state index in [-0.39, 0.29) is 11.3 Å². The number of urea groups is 1. The molecule has 0 saturated carbocycles. The van der Waals surface area contributed by atoms with Crippen molar-refractivity contribution in [3.05, 3.63) is 35.4 Å². The van der Waals surface area contributed by atoms with Crippen molar-refractivity contribution in [2.75, 3.05) is 0 Å². The van der Waals surface area contributed by atoms with Crippen molar-refractivity contribution in [2.24, 2.45) is 0 Å². The average molecular weight is 293 g/mol. The molecule has 1 saturated heterocycles. The number of amides is 3. The third kappa shape index (κ3) is 3.74. The molecule has 1 aromatic rings. The van der Waals surface area contributed by atoms with Crippen molar-refractivity contribution < 1.29 is 9.59 Å². The second-order valence-electron chi connectivity index (χ2n) is 5.73. The maximum Gasteiger partial charge on any atom is 0.335 e. The second kappa shape index (κ2) is 5.85. The molecular formula is C14H19N3O2S. The van der Waals surface area contributed by atoms with Crippen molar-refractivity contribution in [2.45, 2.75) is 37.3 Å². The van der Waals surface area contributed by atoms with Gasteiger partial charge in [0.2, 0.25) is 0 Å². The number of benzene rings is 1. The summed E-state index contributed by atoms with van der Waals surface area (Å²) in [5, 5.41) is 1.76. The highest BCUT2D eigenvalue weighted by Gasteiger charge is 2.25. The molecule has 0 spiro atoms. The smallest absolute Gasteiger partial charge is 0.275 e. The van der Waals surface area contributed by atoms with E-state index >= 15 is 0 Å². The molecule has 0 bridgehead atoms. The van der Waals surface area contributed by atoms with E-state index in [1.807, 2.05) is 0 Å². The van der Waals surface area contributed by atoms with Crippen molar-refractivity contribution in [1.29, 1.82) is 0 Å². The Morgan fingerprint density at radius 3 is 2.35 bits per heavy atom. The molecule has 3 N–H and O–H groups in total. The lowest BCUT2D eigenvalue weighted by molar-refractivity contribution is -0.120.